The van der Waals surface area contributed by atoms with E-state index in [1.165, 1.54) is 12.1 Å². The number of hydrogen-bond donors (Lipinski definition) is 0. The zero-order valence-corrected chi connectivity index (χ0v) is 13.2. The summed E-state index contributed by atoms with van der Waals surface area (Å²) in [5.41, 5.74) is 1.35. The van der Waals surface area contributed by atoms with Gasteiger partial charge in [-0.15, -0.1) is 0 Å². The molecule has 0 atom stereocenters. The Kier molecular flexibility index (Phi) is 4.84. The Morgan fingerprint density at radius 1 is 1.00 bits per heavy atom. The number of piperazine rings is 1. The summed E-state index contributed by atoms with van der Waals surface area (Å²) >= 11 is 0. The van der Waals surface area contributed by atoms with Gasteiger partial charge in [0.2, 0.25) is 5.91 Å². The number of carbonyl (C=O) groups excluding carboxylic acids is 2. The summed E-state index contributed by atoms with van der Waals surface area (Å²) in [7, 11) is 0. The van der Waals surface area contributed by atoms with Gasteiger partial charge in [-0.2, -0.15) is 0 Å². The van der Waals surface area contributed by atoms with Gasteiger partial charge in [0, 0.05) is 38.6 Å². The summed E-state index contributed by atoms with van der Waals surface area (Å²) in [4.78, 5) is 32.1. The Hall–Kier alpha value is -2.76. The molecule has 2 amide bonds. The van der Waals surface area contributed by atoms with Crippen LogP contribution in [-0.4, -0.2) is 52.8 Å². The fraction of sp³-hybridized carbons (Fsp3) is 0.278. The summed E-state index contributed by atoms with van der Waals surface area (Å²) in [5.74, 6) is -0.377. The molecule has 1 saturated heterocycles. The maximum absolute atomic E-state index is 12.9. The third-order valence-electron chi connectivity index (χ3n) is 4.10. The lowest BCUT2D eigenvalue weighted by Crippen LogP contribution is -2.51. The van der Waals surface area contributed by atoms with Gasteiger partial charge in [0.1, 0.15) is 5.82 Å². The van der Waals surface area contributed by atoms with E-state index >= 15 is 0 Å². The van der Waals surface area contributed by atoms with Gasteiger partial charge < -0.3 is 9.80 Å². The van der Waals surface area contributed by atoms with Gasteiger partial charge in [0.25, 0.3) is 5.91 Å². The Balaban J connectivity index is 1.54. The lowest BCUT2D eigenvalue weighted by Gasteiger charge is -2.34. The van der Waals surface area contributed by atoms with Crippen LogP contribution in [-0.2, 0) is 11.2 Å². The topological polar surface area (TPSA) is 53.5 Å². The third kappa shape index (κ3) is 3.76. The molecule has 6 heteroatoms. The van der Waals surface area contributed by atoms with Crippen molar-refractivity contribution in [2.45, 2.75) is 6.42 Å². The number of pyridine rings is 1. The monoisotopic (exact) mass is 327 g/mol. The smallest absolute Gasteiger partial charge is 0.255 e. The standard InChI is InChI=1S/C18H18FN3O2/c19-16-5-3-14(4-6-16)12-17(23)21-8-10-22(11-9-21)18(24)15-2-1-7-20-13-15/h1-7,13H,8-12H2. The molecule has 24 heavy (non-hydrogen) atoms. The van der Waals surface area contributed by atoms with Gasteiger partial charge in [0.15, 0.2) is 0 Å². The van der Waals surface area contributed by atoms with Crippen LogP contribution in [0.1, 0.15) is 15.9 Å². The zero-order chi connectivity index (χ0) is 16.9. The summed E-state index contributed by atoms with van der Waals surface area (Å²) < 4.78 is 12.9. The normalized spacial score (nSPS) is 14.5. The maximum atomic E-state index is 12.9. The van der Waals surface area contributed by atoms with Gasteiger partial charge in [-0.05, 0) is 29.8 Å². The van der Waals surface area contributed by atoms with E-state index in [0.717, 1.165) is 5.56 Å². The molecule has 0 radical (unpaired) electrons. The Morgan fingerprint density at radius 3 is 2.29 bits per heavy atom. The van der Waals surface area contributed by atoms with Crippen molar-refractivity contribution in [1.29, 1.82) is 0 Å². The third-order valence-corrected chi connectivity index (χ3v) is 4.10. The summed E-state index contributed by atoms with van der Waals surface area (Å²) in [6.07, 6.45) is 3.42. The van der Waals surface area contributed by atoms with E-state index in [1.54, 1.807) is 46.5 Å². The molecule has 0 saturated carbocycles. The largest absolute Gasteiger partial charge is 0.339 e. The summed E-state index contributed by atoms with van der Waals surface area (Å²) in [6.45, 7) is 2.02. The van der Waals surface area contributed by atoms with Crippen molar-refractivity contribution in [2.75, 3.05) is 26.2 Å². The number of halogens is 1. The van der Waals surface area contributed by atoms with Crippen molar-refractivity contribution in [1.82, 2.24) is 14.8 Å². The van der Waals surface area contributed by atoms with E-state index in [4.69, 9.17) is 0 Å². The average molecular weight is 327 g/mol. The Bertz CT molecular complexity index is 711. The second-order valence-electron chi connectivity index (χ2n) is 5.72. The molecule has 5 nitrogen and oxygen atoms in total. The molecule has 2 aromatic rings. The predicted octanol–water partition coefficient (Wildman–Crippen LogP) is 1.75. The minimum Gasteiger partial charge on any atom is -0.339 e. The van der Waals surface area contributed by atoms with E-state index < -0.39 is 0 Å². The van der Waals surface area contributed by atoms with Crippen LogP contribution in [0.3, 0.4) is 0 Å². The van der Waals surface area contributed by atoms with Crippen molar-refractivity contribution in [3.63, 3.8) is 0 Å². The first kappa shape index (κ1) is 16.1. The molecular formula is C18H18FN3O2. The van der Waals surface area contributed by atoms with Crippen LogP contribution in [0.25, 0.3) is 0 Å². The molecule has 1 aliphatic rings. The van der Waals surface area contributed by atoms with Crippen LogP contribution in [0.2, 0.25) is 0 Å². The minimum absolute atomic E-state index is 0.00455. The fourth-order valence-corrected chi connectivity index (χ4v) is 2.72. The van der Waals surface area contributed by atoms with Crippen LogP contribution in [0.5, 0.6) is 0 Å². The van der Waals surface area contributed by atoms with E-state index in [-0.39, 0.29) is 24.1 Å². The molecule has 1 aliphatic heterocycles. The molecule has 1 aromatic carbocycles. The Morgan fingerprint density at radius 2 is 1.67 bits per heavy atom. The lowest BCUT2D eigenvalue weighted by atomic mass is 10.1. The quantitative estimate of drug-likeness (QED) is 0.863. The number of hydrogen-bond acceptors (Lipinski definition) is 3. The van der Waals surface area contributed by atoms with Gasteiger partial charge >= 0.3 is 0 Å². The van der Waals surface area contributed by atoms with Gasteiger partial charge in [0.05, 0.1) is 12.0 Å². The van der Waals surface area contributed by atoms with Crippen LogP contribution >= 0.6 is 0 Å². The van der Waals surface area contributed by atoms with E-state index in [2.05, 4.69) is 4.98 Å². The first-order valence-corrected chi connectivity index (χ1v) is 7.85. The number of nitrogens with zero attached hydrogens (tertiary/aromatic N) is 3. The predicted molar refractivity (Wildman–Crippen MR) is 86.8 cm³/mol. The van der Waals surface area contributed by atoms with Crippen molar-refractivity contribution in [3.05, 3.63) is 65.7 Å². The second-order valence-corrected chi connectivity index (χ2v) is 5.72. The fourth-order valence-electron chi connectivity index (χ4n) is 2.72. The number of rotatable bonds is 3. The van der Waals surface area contributed by atoms with Gasteiger partial charge in [-0.1, -0.05) is 12.1 Å². The molecule has 0 unspecified atom stereocenters. The van der Waals surface area contributed by atoms with Crippen LogP contribution < -0.4 is 0 Å². The Labute approximate surface area is 139 Å². The number of aromatic nitrogens is 1. The molecule has 0 spiro atoms. The zero-order valence-electron chi connectivity index (χ0n) is 13.2. The summed E-state index contributed by atoms with van der Waals surface area (Å²) in [5, 5.41) is 0. The second kappa shape index (κ2) is 7.21. The molecule has 124 valence electrons. The van der Waals surface area contributed by atoms with Gasteiger partial charge in [-0.25, -0.2) is 4.39 Å². The number of carbonyl (C=O) groups is 2. The number of amides is 2. The highest BCUT2D eigenvalue weighted by atomic mass is 19.1. The minimum atomic E-state index is -0.311. The molecule has 2 heterocycles. The van der Waals surface area contributed by atoms with Crippen molar-refractivity contribution in [3.8, 4) is 0 Å². The molecule has 0 N–H and O–H groups in total. The lowest BCUT2D eigenvalue weighted by molar-refractivity contribution is -0.131. The van der Waals surface area contributed by atoms with Crippen LogP contribution in [0, 0.1) is 5.82 Å². The first-order valence-electron chi connectivity index (χ1n) is 7.85. The molecule has 0 aliphatic carbocycles. The van der Waals surface area contributed by atoms with Gasteiger partial charge in [-0.3, -0.25) is 14.6 Å². The molecule has 1 aromatic heterocycles. The molecule has 3 rings (SSSR count). The van der Waals surface area contributed by atoms with Crippen molar-refractivity contribution < 1.29 is 14.0 Å². The highest BCUT2D eigenvalue weighted by Gasteiger charge is 2.24. The summed E-state index contributed by atoms with van der Waals surface area (Å²) in [6, 6.07) is 9.42. The average Bonchev–Trinajstić information content (AvgIpc) is 2.64. The SMILES string of the molecule is O=C(Cc1ccc(F)cc1)N1CCN(C(=O)c2cccnc2)CC1. The maximum Gasteiger partial charge on any atom is 0.255 e. The van der Waals surface area contributed by atoms with Crippen molar-refractivity contribution in [2.24, 2.45) is 0 Å². The van der Waals surface area contributed by atoms with E-state index in [0.29, 0.717) is 31.7 Å². The molecule has 0 bridgehead atoms. The van der Waals surface area contributed by atoms with Crippen LogP contribution in [0.4, 0.5) is 4.39 Å². The van der Waals surface area contributed by atoms with Crippen LogP contribution in [0.15, 0.2) is 48.8 Å². The molecular weight excluding hydrogens is 309 g/mol. The number of benzene rings is 1. The van der Waals surface area contributed by atoms with Crippen molar-refractivity contribution >= 4 is 11.8 Å². The first-order chi connectivity index (χ1) is 11.6. The highest BCUT2D eigenvalue weighted by molar-refractivity contribution is 5.94. The van der Waals surface area contributed by atoms with E-state index in [9.17, 15) is 14.0 Å². The van der Waals surface area contributed by atoms with E-state index in [1.807, 2.05) is 0 Å². The highest BCUT2D eigenvalue weighted by Crippen LogP contribution is 2.10. The molecule has 1 fully saturated rings.